The highest BCUT2D eigenvalue weighted by atomic mass is 35.5. The Hall–Kier alpha value is -1.15. The number of hydrogen-bond acceptors (Lipinski definition) is 5. The summed E-state index contributed by atoms with van der Waals surface area (Å²) in [6.45, 7) is 2.02. The van der Waals surface area contributed by atoms with Crippen molar-refractivity contribution >= 4 is 27.6 Å². The topological polar surface area (TPSA) is 98.5 Å². The van der Waals surface area contributed by atoms with E-state index in [1.54, 1.807) is 6.92 Å². The van der Waals surface area contributed by atoms with Crippen molar-refractivity contribution in [2.24, 2.45) is 5.73 Å². The zero-order valence-corrected chi connectivity index (χ0v) is 12.8. The van der Waals surface area contributed by atoms with Gasteiger partial charge in [0.05, 0.1) is 22.6 Å². The van der Waals surface area contributed by atoms with Gasteiger partial charge in [-0.15, -0.1) is 0 Å². The van der Waals surface area contributed by atoms with Gasteiger partial charge in [-0.25, -0.2) is 17.9 Å². The number of ether oxygens (including phenoxy) is 1. The molecule has 0 fully saturated rings. The summed E-state index contributed by atoms with van der Waals surface area (Å²) in [6.07, 6.45) is 0.521. The van der Waals surface area contributed by atoms with E-state index in [-0.39, 0.29) is 28.1 Å². The second-order valence-corrected chi connectivity index (χ2v) is 6.47. The van der Waals surface area contributed by atoms with Crippen molar-refractivity contribution in [3.8, 4) is 0 Å². The highest BCUT2D eigenvalue weighted by molar-refractivity contribution is 7.89. The smallest absolute Gasteiger partial charge is 0.339 e. The molecular formula is C12H17ClN2O4S. The zero-order chi connectivity index (χ0) is 15.3. The van der Waals surface area contributed by atoms with Gasteiger partial charge in [0.15, 0.2) is 0 Å². The summed E-state index contributed by atoms with van der Waals surface area (Å²) in [4.78, 5) is 11.3. The van der Waals surface area contributed by atoms with Crippen LogP contribution in [0, 0.1) is 0 Å². The Kier molecular flexibility index (Phi) is 5.94. The maximum atomic E-state index is 12.0. The Morgan fingerprint density at radius 3 is 2.65 bits per heavy atom. The molecular weight excluding hydrogens is 304 g/mol. The molecule has 0 saturated carbocycles. The van der Waals surface area contributed by atoms with Crippen molar-refractivity contribution in [1.82, 2.24) is 4.72 Å². The quantitative estimate of drug-likeness (QED) is 0.766. The van der Waals surface area contributed by atoms with Crippen LogP contribution in [-0.2, 0) is 14.8 Å². The number of hydrogen-bond donors (Lipinski definition) is 2. The van der Waals surface area contributed by atoms with Crippen LogP contribution in [0.4, 0.5) is 0 Å². The van der Waals surface area contributed by atoms with Gasteiger partial charge in [0.2, 0.25) is 10.0 Å². The third kappa shape index (κ3) is 4.45. The van der Waals surface area contributed by atoms with Crippen LogP contribution in [0.3, 0.4) is 0 Å². The summed E-state index contributed by atoms with van der Waals surface area (Å²) in [6, 6.07) is 3.73. The van der Waals surface area contributed by atoms with Crippen LogP contribution >= 0.6 is 11.6 Å². The van der Waals surface area contributed by atoms with Gasteiger partial charge in [-0.3, -0.25) is 0 Å². The summed E-state index contributed by atoms with van der Waals surface area (Å²) in [7, 11) is -2.45. The Balaban J connectivity index is 2.91. The zero-order valence-electron chi connectivity index (χ0n) is 11.2. The van der Waals surface area contributed by atoms with Crippen molar-refractivity contribution in [1.29, 1.82) is 0 Å². The molecule has 0 bridgehead atoms. The van der Waals surface area contributed by atoms with E-state index in [0.717, 1.165) is 0 Å². The van der Waals surface area contributed by atoms with E-state index in [1.165, 1.54) is 25.3 Å². The number of rotatable bonds is 6. The Bertz CT molecular complexity index is 587. The molecule has 0 heterocycles. The number of benzene rings is 1. The average Bonchev–Trinajstić information content (AvgIpc) is 2.37. The van der Waals surface area contributed by atoms with Crippen LogP contribution in [0.25, 0.3) is 0 Å². The van der Waals surface area contributed by atoms with Gasteiger partial charge >= 0.3 is 5.97 Å². The van der Waals surface area contributed by atoms with Crippen LogP contribution in [-0.4, -0.2) is 34.1 Å². The maximum absolute atomic E-state index is 12.0. The first kappa shape index (κ1) is 16.9. The Labute approximate surface area is 123 Å². The molecule has 0 aliphatic carbocycles. The predicted octanol–water partition coefficient (Wildman–Crippen LogP) is 1.14. The monoisotopic (exact) mass is 320 g/mol. The van der Waals surface area contributed by atoms with Crippen molar-refractivity contribution in [2.75, 3.05) is 13.7 Å². The van der Waals surface area contributed by atoms with E-state index in [1.807, 2.05) is 0 Å². The van der Waals surface area contributed by atoms with E-state index in [0.29, 0.717) is 6.42 Å². The predicted molar refractivity (Wildman–Crippen MR) is 76.2 cm³/mol. The van der Waals surface area contributed by atoms with E-state index in [2.05, 4.69) is 9.46 Å². The Morgan fingerprint density at radius 2 is 2.15 bits per heavy atom. The number of halogens is 1. The van der Waals surface area contributed by atoms with Gasteiger partial charge in [0, 0.05) is 12.6 Å². The number of carbonyl (C=O) groups excluding carboxylic acids is 1. The number of nitrogens with two attached hydrogens (primary N) is 1. The first-order valence-electron chi connectivity index (χ1n) is 5.91. The lowest BCUT2D eigenvalue weighted by atomic mass is 10.2. The van der Waals surface area contributed by atoms with Crippen LogP contribution in [0.5, 0.6) is 0 Å². The normalized spacial score (nSPS) is 13.0. The SMILES string of the molecule is COC(=O)c1ccc(S(=O)(=O)NCCC(C)N)cc1Cl. The molecule has 0 aromatic heterocycles. The first-order valence-corrected chi connectivity index (χ1v) is 7.77. The molecule has 0 saturated heterocycles. The molecule has 1 rings (SSSR count). The van der Waals surface area contributed by atoms with Gasteiger partial charge in [-0.2, -0.15) is 0 Å². The molecule has 1 aromatic carbocycles. The minimum Gasteiger partial charge on any atom is -0.465 e. The highest BCUT2D eigenvalue weighted by Gasteiger charge is 2.18. The molecule has 1 aromatic rings. The fourth-order valence-corrected chi connectivity index (χ4v) is 2.84. The third-order valence-electron chi connectivity index (χ3n) is 2.55. The lowest BCUT2D eigenvalue weighted by Crippen LogP contribution is -2.29. The summed E-state index contributed by atoms with van der Waals surface area (Å²) < 4.78 is 30.9. The fourth-order valence-electron chi connectivity index (χ4n) is 1.44. The van der Waals surface area contributed by atoms with E-state index < -0.39 is 16.0 Å². The molecule has 20 heavy (non-hydrogen) atoms. The molecule has 1 unspecified atom stereocenters. The first-order chi connectivity index (χ1) is 9.27. The lowest BCUT2D eigenvalue weighted by molar-refractivity contribution is 0.0601. The molecule has 0 aliphatic rings. The van der Waals surface area contributed by atoms with Gasteiger partial charge in [0.25, 0.3) is 0 Å². The minimum absolute atomic E-state index is 0.0140. The molecule has 1 atom stereocenters. The Morgan fingerprint density at radius 1 is 1.50 bits per heavy atom. The summed E-state index contributed by atoms with van der Waals surface area (Å²) in [5.41, 5.74) is 5.66. The van der Waals surface area contributed by atoms with Crippen molar-refractivity contribution in [3.63, 3.8) is 0 Å². The molecule has 0 amide bonds. The highest BCUT2D eigenvalue weighted by Crippen LogP contribution is 2.21. The van der Waals surface area contributed by atoms with Crippen LogP contribution in [0.2, 0.25) is 5.02 Å². The maximum Gasteiger partial charge on any atom is 0.339 e. The van der Waals surface area contributed by atoms with Crippen molar-refractivity contribution in [3.05, 3.63) is 28.8 Å². The van der Waals surface area contributed by atoms with Crippen molar-refractivity contribution < 1.29 is 17.9 Å². The van der Waals surface area contributed by atoms with Crippen LogP contribution < -0.4 is 10.5 Å². The molecule has 6 nitrogen and oxygen atoms in total. The summed E-state index contributed by atoms with van der Waals surface area (Å²) in [5, 5.41) is 0.0203. The molecule has 0 spiro atoms. The second-order valence-electron chi connectivity index (χ2n) is 4.30. The van der Waals surface area contributed by atoms with Gasteiger partial charge in [0.1, 0.15) is 0 Å². The van der Waals surface area contributed by atoms with Crippen LogP contribution in [0.1, 0.15) is 23.7 Å². The number of esters is 1. The molecule has 0 aliphatic heterocycles. The fraction of sp³-hybridized carbons (Fsp3) is 0.417. The average molecular weight is 321 g/mol. The number of nitrogens with one attached hydrogen (secondary N) is 1. The van der Waals surface area contributed by atoms with Gasteiger partial charge in [-0.05, 0) is 31.5 Å². The van der Waals surface area contributed by atoms with Gasteiger partial charge in [-0.1, -0.05) is 11.6 Å². The molecule has 3 N–H and O–H groups in total. The van der Waals surface area contributed by atoms with E-state index >= 15 is 0 Å². The van der Waals surface area contributed by atoms with E-state index in [4.69, 9.17) is 17.3 Å². The number of sulfonamides is 1. The van der Waals surface area contributed by atoms with E-state index in [9.17, 15) is 13.2 Å². The van der Waals surface area contributed by atoms with Gasteiger partial charge < -0.3 is 10.5 Å². The van der Waals surface area contributed by atoms with Crippen LogP contribution in [0.15, 0.2) is 23.1 Å². The summed E-state index contributed by atoms with van der Waals surface area (Å²) in [5.74, 6) is -0.621. The second kappa shape index (κ2) is 7.03. The molecule has 8 heteroatoms. The molecule has 112 valence electrons. The van der Waals surface area contributed by atoms with Crippen molar-refractivity contribution in [2.45, 2.75) is 24.3 Å². The molecule has 0 radical (unpaired) electrons. The lowest BCUT2D eigenvalue weighted by Gasteiger charge is -2.09. The summed E-state index contributed by atoms with van der Waals surface area (Å²) >= 11 is 5.88. The standard InChI is InChI=1S/C12H17ClN2O4S/c1-8(14)5-6-15-20(17,18)9-3-4-10(11(13)7-9)12(16)19-2/h3-4,7-8,15H,5-6,14H2,1-2H3. The third-order valence-corrected chi connectivity index (χ3v) is 4.32. The number of carbonyl (C=O) groups is 1. The largest absolute Gasteiger partial charge is 0.465 e. The minimum atomic E-state index is -3.67. The number of methoxy groups -OCH3 is 1.